The topological polar surface area (TPSA) is 79.8 Å². The number of hydroxylamine groups is 1. The van der Waals surface area contributed by atoms with Gasteiger partial charge in [0.05, 0.1) is 6.54 Å². The molecule has 3 aromatic rings. The predicted octanol–water partition coefficient (Wildman–Crippen LogP) is 4.10. The van der Waals surface area contributed by atoms with Gasteiger partial charge < -0.3 is 10.1 Å². The summed E-state index contributed by atoms with van der Waals surface area (Å²) in [4.78, 5) is 14.7. The molecular weight excluding hydrogens is 433 g/mol. The highest BCUT2D eigenvalue weighted by Gasteiger charge is 2.20. The van der Waals surface area contributed by atoms with Crippen molar-refractivity contribution in [3.8, 4) is 0 Å². The number of H-pyrrole nitrogens is 1. The number of aromatic nitrogens is 1. The van der Waals surface area contributed by atoms with Gasteiger partial charge in [-0.3, -0.25) is 5.21 Å². The number of hydrogen-bond donors (Lipinski definition) is 3. The summed E-state index contributed by atoms with van der Waals surface area (Å²) in [6.07, 6.45) is 1.20. The molecule has 3 rings (SSSR count). The summed E-state index contributed by atoms with van der Waals surface area (Å²) in [5.74, 6) is 0. The number of carboxylic acid groups (broad SMARTS) is 1. The van der Waals surface area contributed by atoms with Crippen LogP contribution >= 0.6 is 22.6 Å². The Morgan fingerprint density at radius 3 is 2.64 bits per heavy atom. The molecule has 1 aromatic heterocycles. The van der Waals surface area contributed by atoms with Crippen molar-refractivity contribution in [3.05, 3.63) is 69.4 Å². The lowest BCUT2D eigenvalue weighted by Crippen LogP contribution is -2.44. The van der Waals surface area contributed by atoms with E-state index in [1.165, 1.54) is 0 Å². The Morgan fingerprint density at radius 1 is 1.16 bits per heavy atom. The third-order valence-corrected chi connectivity index (χ3v) is 4.66. The molecule has 7 heteroatoms. The lowest BCUT2D eigenvalue weighted by Gasteiger charge is -2.27. The molecule has 1 heterocycles. The molecule has 0 radical (unpaired) electrons. The Morgan fingerprint density at radius 2 is 1.92 bits per heavy atom. The van der Waals surface area contributed by atoms with E-state index in [2.05, 4.69) is 33.6 Å². The summed E-state index contributed by atoms with van der Waals surface area (Å²) in [7, 11) is 0. The van der Waals surface area contributed by atoms with Crippen LogP contribution in [0.4, 0.5) is 4.79 Å². The van der Waals surface area contributed by atoms with Gasteiger partial charge in [0.15, 0.2) is 0 Å². The molecule has 1 amide bonds. The van der Waals surface area contributed by atoms with Crippen LogP contribution in [0.5, 0.6) is 0 Å². The first kappa shape index (κ1) is 17.7. The number of nitrogens with one attached hydrogen (secondary N) is 1. The average molecular weight is 451 g/mol. The van der Waals surface area contributed by atoms with Crippen molar-refractivity contribution in [1.29, 1.82) is 0 Å². The van der Waals surface area contributed by atoms with Gasteiger partial charge in [0.2, 0.25) is 0 Å². The van der Waals surface area contributed by atoms with E-state index >= 15 is 0 Å². The molecule has 2 aromatic carbocycles. The van der Waals surface area contributed by atoms with Crippen LogP contribution in [-0.4, -0.2) is 38.1 Å². The molecule has 0 aliphatic heterocycles. The molecule has 0 bridgehead atoms. The number of benzene rings is 2. The van der Waals surface area contributed by atoms with E-state index in [0.717, 1.165) is 35.8 Å². The van der Waals surface area contributed by atoms with Gasteiger partial charge >= 0.3 is 6.09 Å². The van der Waals surface area contributed by atoms with Gasteiger partial charge in [-0.05, 0) is 58.3 Å². The maximum atomic E-state index is 11.5. The van der Waals surface area contributed by atoms with Crippen molar-refractivity contribution in [1.82, 2.24) is 15.2 Å². The predicted molar refractivity (Wildman–Crippen MR) is 103 cm³/mol. The molecule has 0 atom stereocenters. The third kappa shape index (κ3) is 4.30. The van der Waals surface area contributed by atoms with Gasteiger partial charge in [-0.15, -0.1) is 0 Å². The number of rotatable bonds is 6. The summed E-state index contributed by atoms with van der Waals surface area (Å²) in [5.41, 5.74) is 2.87. The zero-order valence-corrected chi connectivity index (χ0v) is 15.6. The van der Waals surface area contributed by atoms with E-state index < -0.39 is 6.09 Å². The maximum absolute atomic E-state index is 11.5. The number of nitrogens with zero attached hydrogens (tertiary/aromatic N) is 2. The molecule has 0 spiro atoms. The number of fused-ring (bicyclic) bond motifs is 1. The van der Waals surface area contributed by atoms with Gasteiger partial charge in [-0.25, -0.2) is 9.80 Å². The Labute approximate surface area is 158 Å². The molecule has 0 unspecified atom stereocenters. The highest BCUT2D eigenvalue weighted by molar-refractivity contribution is 14.1. The Bertz CT molecular complexity index is 866. The number of aromatic amines is 1. The highest BCUT2D eigenvalue weighted by Crippen LogP contribution is 2.21. The van der Waals surface area contributed by atoms with E-state index in [1.54, 1.807) is 0 Å². The van der Waals surface area contributed by atoms with E-state index in [1.807, 2.05) is 48.7 Å². The third-order valence-electron chi connectivity index (χ3n) is 3.99. The van der Waals surface area contributed by atoms with Crippen LogP contribution in [0.3, 0.4) is 0 Å². The minimum absolute atomic E-state index is 0.110. The molecule has 0 aliphatic carbocycles. The zero-order valence-electron chi connectivity index (χ0n) is 13.4. The first-order chi connectivity index (χ1) is 12.0. The first-order valence-electron chi connectivity index (χ1n) is 7.81. The minimum Gasteiger partial charge on any atom is -0.464 e. The van der Waals surface area contributed by atoms with E-state index in [4.69, 9.17) is 0 Å². The van der Waals surface area contributed by atoms with Crippen LogP contribution in [0.25, 0.3) is 10.9 Å². The fraction of sp³-hybridized carbons (Fsp3) is 0.167. The molecule has 0 aliphatic rings. The van der Waals surface area contributed by atoms with Crippen LogP contribution in [0.2, 0.25) is 0 Å². The number of hydrogen-bond acceptors (Lipinski definition) is 3. The van der Waals surface area contributed by atoms with Gasteiger partial charge in [-0.2, -0.15) is 0 Å². The van der Waals surface area contributed by atoms with Gasteiger partial charge in [0.1, 0.15) is 0 Å². The van der Waals surface area contributed by atoms with Crippen molar-refractivity contribution in [2.75, 3.05) is 6.54 Å². The second kappa shape index (κ2) is 7.85. The fourth-order valence-electron chi connectivity index (χ4n) is 2.73. The van der Waals surface area contributed by atoms with Crippen molar-refractivity contribution in [3.63, 3.8) is 0 Å². The van der Waals surface area contributed by atoms with Gasteiger partial charge in [0.25, 0.3) is 0 Å². The fourth-order valence-corrected chi connectivity index (χ4v) is 3.22. The molecule has 130 valence electrons. The molecule has 0 saturated carbocycles. The maximum Gasteiger partial charge on any atom is 0.423 e. The summed E-state index contributed by atoms with van der Waals surface area (Å²) < 4.78 is 1.12. The quantitative estimate of drug-likeness (QED) is 0.390. The lowest BCUT2D eigenvalue weighted by atomic mass is 10.1. The molecule has 0 fully saturated rings. The summed E-state index contributed by atoms with van der Waals surface area (Å²) in [6.45, 7) is 0.274. The monoisotopic (exact) mass is 451 g/mol. The normalized spacial score (nSPS) is 11.2. The SMILES string of the molecule is O=C(O)N(CCc1c[nH]c2ccc(I)cc12)N(O)Cc1ccccc1. The molecule has 6 nitrogen and oxygen atoms in total. The minimum atomic E-state index is -1.19. The number of halogens is 1. The zero-order chi connectivity index (χ0) is 17.8. The van der Waals surface area contributed by atoms with Crippen LogP contribution in [0.1, 0.15) is 11.1 Å². The second-order valence-electron chi connectivity index (χ2n) is 5.68. The van der Waals surface area contributed by atoms with Gasteiger partial charge in [-0.1, -0.05) is 35.5 Å². The van der Waals surface area contributed by atoms with Crippen molar-refractivity contribution < 1.29 is 15.1 Å². The number of carbonyl (C=O) groups is 1. The van der Waals surface area contributed by atoms with Crippen LogP contribution in [-0.2, 0) is 13.0 Å². The van der Waals surface area contributed by atoms with Gasteiger partial charge in [0, 0.05) is 27.2 Å². The highest BCUT2D eigenvalue weighted by atomic mass is 127. The van der Waals surface area contributed by atoms with Crippen molar-refractivity contribution in [2.24, 2.45) is 0 Å². The Hall–Kier alpha value is -2.10. The smallest absolute Gasteiger partial charge is 0.423 e. The Kier molecular flexibility index (Phi) is 5.57. The summed E-state index contributed by atoms with van der Waals surface area (Å²) in [5, 5.41) is 22.4. The number of amides is 1. The van der Waals surface area contributed by atoms with Crippen LogP contribution in [0.15, 0.2) is 54.7 Å². The Balaban J connectivity index is 1.71. The molecule has 25 heavy (non-hydrogen) atoms. The first-order valence-corrected chi connectivity index (χ1v) is 8.88. The summed E-state index contributed by atoms with van der Waals surface area (Å²) in [6, 6.07) is 15.3. The average Bonchev–Trinajstić information content (AvgIpc) is 2.98. The standard InChI is InChI=1S/C18H18IN3O3/c19-15-6-7-17-16(10-15)14(11-20-17)8-9-21(18(23)24)22(25)12-13-4-2-1-3-5-13/h1-7,10-11,20,25H,8-9,12H2,(H,23,24). The van der Waals surface area contributed by atoms with E-state index in [9.17, 15) is 15.1 Å². The number of hydrazine groups is 1. The lowest BCUT2D eigenvalue weighted by molar-refractivity contribution is -0.233. The van der Waals surface area contributed by atoms with Crippen LogP contribution in [0, 0.1) is 3.57 Å². The molecule has 3 N–H and O–H groups in total. The molecular formula is C18H18IN3O3. The van der Waals surface area contributed by atoms with Crippen molar-refractivity contribution >= 4 is 39.6 Å². The van der Waals surface area contributed by atoms with Crippen LogP contribution < -0.4 is 0 Å². The largest absolute Gasteiger partial charge is 0.464 e. The van der Waals surface area contributed by atoms with Crippen molar-refractivity contribution in [2.45, 2.75) is 13.0 Å². The second-order valence-corrected chi connectivity index (χ2v) is 6.92. The summed E-state index contributed by atoms with van der Waals surface area (Å²) >= 11 is 2.25. The van der Waals surface area contributed by atoms with E-state index in [0.29, 0.717) is 6.42 Å². The molecule has 0 saturated heterocycles. The van der Waals surface area contributed by atoms with E-state index in [-0.39, 0.29) is 13.1 Å².